The molecule has 0 unspecified atom stereocenters. The van der Waals surface area contributed by atoms with Crippen molar-refractivity contribution in [1.29, 1.82) is 0 Å². The smallest absolute Gasteiger partial charge is 0.323 e. The number of nitrogens with zero attached hydrogens (tertiary/aromatic N) is 4. The van der Waals surface area contributed by atoms with E-state index in [-0.39, 0.29) is 5.97 Å². The molecule has 0 fully saturated rings. The Balaban J connectivity index is 0.000000245. The van der Waals surface area contributed by atoms with E-state index in [4.69, 9.17) is 20.9 Å². The molecule has 4 rings (SSSR count). The number of primary amides is 1. The fraction of sp³-hybridized carbons (Fsp3) is 0.217. The largest absolute Gasteiger partial charge is 0.481 e. The lowest BCUT2D eigenvalue weighted by molar-refractivity contribution is -0.144. The topological polar surface area (TPSA) is 188 Å². The van der Waals surface area contributed by atoms with Gasteiger partial charge in [0.15, 0.2) is 0 Å². The van der Waals surface area contributed by atoms with E-state index in [1.807, 2.05) is 12.1 Å². The first-order valence-corrected chi connectivity index (χ1v) is 10.4. The zero-order chi connectivity index (χ0) is 25.7. The molecule has 0 aromatic carbocycles. The predicted octanol–water partition coefficient (Wildman–Crippen LogP) is 1.52. The molecule has 6 N–H and O–H groups in total. The number of amides is 1. The number of nitrogens with one attached hydrogen (secondary N) is 2. The summed E-state index contributed by atoms with van der Waals surface area (Å²) in [5.41, 5.74) is 11.7. The van der Waals surface area contributed by atoms with Gasteiger partial charge in [-0.1, -0.05) is 6.07 Å². The highest BCUT2D eigenvalue weighted by atomic mass is 16.5. The molecule has 0 aliphatic rings. The minimum Gasteiger partial charge on any atom is -0.481 e. The molecule has 12 nitrogen and oxygen atoms in total. The van der Waals surface area contributed by atoms with Crippen molar-refractivity contribution in [2.45, 2.75) is 19.4 Å². The second kappa shape index (κ2) is 17.9. The third-order valence-corrected chi connectivity index (χ3v) is 3.77. The molecule has 0 aliphatic carbocycles. The van der Waals surface area contributed by atoms with Crippen LogP contribution in [0.15, 0.2) is 80.2 Å². The van der Waals surface area contributed by atoms with Crippen LogP contribution in [0.5, 0.6) is 5.88 Å². The van der Waals surface area contributed by atoms with E-state index in [1.165, 1.54) is 6.20 Å². The first-order chi connectivity index (χ1) is 17.0. The van der Waals surface area contributed by atoms with Crippen molar-refractivity contribution in [3.8, 4) is 5.88 Å². The maximum Gasteiger partial charge on any atom is 0.323 e. The van der Waals surface area contributed by atoms with Crippen molar-refractivity contribution in [1.82, 2.24) is 29.9 Å². The summed E-state index contributed by atoms with van der Waals surface area (Å²) < 4.78 is 9.55. The lowest BCUT2D eigenvalue weighted by Crippen LogP contribution is -2.34. The molecule has 12 heteroatoms. The third kappa shape index (κ3) is 13.5. The molecular formula is C23H30N8O4. The van der Waals surface area contributed by atoms with Gasteiger partial charge in [0.1, 0.15) is 6.04 Å². The molecule has 0 saturated heterocycles. The number of pyridine rings is 2. The van der Waals surface area contributed by atoms with Crippen LogP contribution in [-0.2, 0) is 16.0 Å². The number of ether oxygens (including phenoxy) is 2. The lowest BCUT2D eigenvalue weighted by Gasteiger charge is -2.07. The number of rotatable bonds is 6. The van der Waals surface area contributed by atoms with Gasteiger partial charge in [0.2, 0.25) is 11.8 Å². The van der Waals surface area contributed by atoms with Gasteiger partial charge in [-0.2, -0.15) is 0 Å². The summed E-state index contributed by atoms with van der Waals surface area (Å²) >= 11 is 0. The molecule has 0 bridgehead atoms. The van der Waals surface area contributed by atoms with Crippen LogP contribution in [0.4, 0.5) is 0 Å². The first-order valence-electron chi connectivity index (χ1n) is 10.4. The molecular weight excluding hydrogens is 452 g/mol. The number of hydrogen-bond donors (Lipinski definition) is 4. The highest BCUT2D eigenvalue weighted by molar-refractivity contribution is 5.92. The van der Waals surface area contributed by atoms with Crippen molar-refractivity contribution in [3.05, 3.63) is 91.4 Å². The normalized spacial score (nSPS) is 10.0. The Labute approximate surface area is 203 Å². The summed E-state index contributed by atoms with van der Waals surface area (Å²) in [6.45, 7) is 2.10. The second-order valence-electron chi connectivity index (χ2n) is 6.36. The van der Waals surface area contributed by atoms with Gasteiger partial charge in [0, 0.05) is 49.7 Å². The van der Waals surface area contributed by atoms with Gasteiger partial charge in [-0.3, -0.25) is 14.6 Å². The predicted molar refractivity (Wildman–Crippen MR) is 129 cm³/mol. The Hall–Kier alpha value is -4.58. The first kappa shape index (κ1) is 28.5. The van der Waals surface area contributed by atoms with Crippen LogP contribution in [0, 0.1) is 0 Å². The van der Waals surface area contributed by atoms with E-state index >= 15 is 0 Å². The highest BCUT2D eigenvalue weighted by Crippen LogP contribution is 2.00. The quantitative estimate of drug-likeness (QED) is 0.295. The number of aromatic amines is 2. The molecule has 1 amide bonds. The zero-order valence-electron chi connectivity index (χ0n) is 19.6. The monoisotopic (exact) mass is 482 g/mol. The number of carbonyl (C=O) groups excluding carboxylic acids is 2. The fourth-order valence-corrected chi connectivity index (χ4v) is 2.15. The molecule has 186 valence electrons. The molecule has 0 aliphatic heterocycles. The highest BCUT2D eigenvalue weighted by Gasteiger charge is 2.15. The molecule has 0 spiro atoms. The summed E-state index contributed by atoms with van der Waals surface area (Å²) in [5.74, 6) is -0.166. The van der Waals surface area contributed by atoms with Crippen molar-refractivity contribution in [2.24, 2.45) is 11.5 Å². The molecule has 4 heterocycles. The number of esters is 1. The van der Waals surface area contributed by atoms with Gasteiger partial charge in [-0.05, 0) is 25.1 Å². The number of imidazole rings is 2. The summed E-state index contributed by atoms with van der Waals surface area (Å²) in [4.78, 5) is 42.2. The van der Waals surface area contributed by atoms with Crippen LogP contribution in [0.2, 0.25) is 0 Å². The number of nitrogens with two attached hydrogens (primary N) is 2. The van der Waals surface area contributed by atoms with E-state index in [1.54, 1.807) is 75.9 Å². The average Bonchev–Trinajstić information content (AvgIpc) is 3.64. The standard InChI is InChI=1S/C8H13N3O2.C6H6N2O.C6H7NO.C3H4N2/c1-2-13-8(12)7(9)3-6-4-10-5-11-6;7-6(9)5-2-1-3-8-4-5;1-8-6-4-2-3-5-7-6;1-2-5-3-4-1/h4-5,7H,2-3,9H2,1H3,(H,10,11);1-4H,(H2,7,9);2-5H,1H3;1-3H,(H,4,5)/t7-;;;/m0.../s1. The van der Waals surface area contributed by atoms with Crippen LogP contribution >= 0.6 is 0 Å². The average molecular weight is 483 g/mol. The van der Waals surface area contributed by atoms with Crippen LogP contribution < -0.4 is 16.2 Å². The van der Waals surface area contributed by atoms with Gasteiger partial charge in [0.25, 0.3) is 0 Å². The summed E-state index contributed by atoms with van der Waals surface area (Å²) in [6, 6.07) is 8.20. The number of carbonyl (C=O) groups is 2. The van der Waals surface area contributed by atoms with E-state index in [0.29, 0.717) is 24.5 Å². The maximum absolute atomic E-state index is 11.1. The van der Waals surface area contributed by atoms with E-state index < -0.39 is 11.9 Å². The van der Waals surface area contributed by atoms with Crippen molar-refractivity contribution in [3.63, 3.8) is 0 Å². The summed E-state index contributed by atoms with van der Waals surface area (Å²) in [5, 5.41) is 0. The van der Waals surface area contributed by atoms with Gasteiger partial charge < -0.3 is 30.9 Å². The Bertz CT molecular complexity index is 1010. The molecule has 0 saturated carbocycles. The van der Waals surface area contributed by atoms with Crippen LogP contribution in [-0.4, -0.2) is 61.5 Å². The number of aromatic nitrogens is 6. The number of H-pyrrole nitrogens is 2. The molecule has 35 heavy (non-hydrogen) atoms. The fourth-order valence-electron chi connectivity index (χ4n) is 2.15. The van der Waals surface area contributed by atoms with Crippen molar-refractivity contribution < 1.29 is 19.1 Å². The molecule has 4 aromatic rings. The van der Waals surface area contributed by atoms with E-state index in [9.17, 15) is 9.59 Å². The second-order valence-corrected chi connectivity index (χ2v) is 6.36. The van der Waals surface area contributed by atoms with Gasteiger partial charge in [0.05, 0.1) is 37.6 Å². The lowest BCUT2D eigenvalue weighted by atomic mass is 10.2. The Morgan fingerprint density at radius 3 is 2.26 bits per heavy atom. The number of methoxy groups -OCH3 is 1. The minimum atomic E-state index is -0.622. The van der Waals surface area contributed by atoms with Crippen LogP contribution in [0.25, 0.3) is 0 Å². The van der Waals surface area contributed by atoms with Crippen molar-refractivity contribution in [2.75, 3.05) is 13.7 Å². The molecule has 4 aromatic heterocycles. The SMILES string of the molecule is CCOC(=O)[C@@H](N)Cc1c[nH]cn1.COc1ccccn1.NC(=O)c1cccnc1.c1c[nH]cn1. The van der Waals surface area contributed by atoms with E-state index in [0.717, 1.165) is 5.69 Å². The zero-order valence-corrected chi connectivity index (χ0v) is 19.6. The van der Waals surface area contributed by atoms with Gasteiger partial charge in [-0.15, -0.1) is 0 Å². The molecule has 0 radical (unpaired) electrons. The Morgan fingerprint density at radius 1 is 1.03 bits per heavy atom. The van der Waals surface area contributed by atoms with Gasteiger partial charge >= 0.3 is 5.97 Å². The summed E-state index contributed by atoms with van der Waals surface area (Å²) in [6.07, 6.45) is 13.5. The Kier molecular flexibility index (Phi) is 14.6. The maximum atomic E-state index is 11.1. The summed E-state index contributed by atoms with van der Waals surface area (Å²) in [7, 11) is 1.60. The third-order valence-electron chi connectivity index (χ3n) is 3.77. The number of hydrogen-bond acceptors (Lipinski definition) is 9. The Morgan fingerprint density at radius 2 is 1.86 bits per heavy atom. The minimum absolute atomic E-state index is 0.354. The van der Waals surface area contributed by atoms with Crippen LogP contribution in [0.1, 0.15) is 23.0 Å². The van der Waals surface area contributed by atoms with Gasteiger partial charge in [-0.25, -0.2) is 15.0 Å². The molecule has 1 atom stereocenters. The van der Waals surface area contributed by atoms with Crippen LogP contribution in [0.3, 0.4) is 0 Å². The van der Waals surface area contributed by atoms with Crippen molar-refractivity contribution >= 4 is 11.9 Å². The van der Waals surface area contributed by atoms with E-state index in [2.05, 4.69) is 29.9 Å².